The van der Waals surface area contributed by atoms with E-state index in [-0.39, 0.29) is 5.78 Å². The molecule has 1 heterocycles. The molecule has 122 valence electrons. The maximum Gasteiger partial charge on any atom is 0.236 e. The predicted octanol–water partition coefficient (Wildman–Crippen LogP) is 3.06. The third-order valence-corrected chi connectivity index (χ3v) is 3.19. The van der Waals surface area contributed by atoms with Crippen molar-refractivity contribution < 1.29 is 14.4 Å². The van der Waals surface area contributed by atoms with Gasteiger partial charge in [0.25, 0.3) is 0 Å². The van der Waals surface area contributed by atoms with Crippen LogP contribution in [0.1, 0.15) is 32.6 Å². The number of Topliss-reactive ketones (excluding diaryl/α,β-unsaturated/α-hetero) is 1. The van der Waals surface area contributed by atoms with E-state index in [1.807, 2.05) is 32.9 Å². The maximum absolute atomic E-state index is 12.7. The van der Waals surface area contributed by atoms with Crippen molar-refractivity contribution in [3.05, 3.63) is 48.5 Å². The molecule has 0 amide bonds. The number of ketones is 1. The van der Waals surface area contributed by atoms with Gasteiger partial charge in [0.15, 0.2) is 5.78 Å². The van der Waals surface area contributed by atoms with Crippen LogP contribution in [0.25, 0.3) is 0 Å². The molecule has 1 unspecified atom stereocenters. The summed E-state index contributed by atoms with van der Waals surface area (Å²) in [5.74, 6) is 0.566. The molecule has 6 heteroatoms. The molecule has 0 aliphatic heterocycles. The molecule has 0 aliphatic rings. The summed E-state index contributed by atoms with van der Waals surface area (Å²) in [6.45, 7) is 5.60. The Morgan fingerprint density at radius 2 is 2.00 bits per heavy atom. The van der Waals surface area contributed by atoms with Gasteiger partial charge in [0.05, 0.1) is 12.5 Å². The van der Waals surface area contributed by atoms with Crippen LogP contribution in [0.5, 0.6) is 5.75 Å². The highest BCUT2D eigenvalue weighted by Crippen LogP contribution is 2.26. The van der Waals surface area contributed by atoms with Crippen molar-refractivity contribution >= 4 is 12.0 Å². The SMILES string of the molecule is CON=Cc1ccc(OC(C(=O)C(C)(C)C)n2ccnc2)cc1. The Hall–Kier alpha value is -2.63. The summed E-state index contributed by atoms with van der Waals surface area (Å²) >= 11 is 0. The van der Waals surface area contributed by atoms with E-state index >= 15 is 0 Å². The molecule has 0 bridgehead atoms. The number of hydrogen-bond acceptors (Lipinski definition) is 5. The van der Waals surface area contributed by atoms with Crippen LogP contribution < -0.4 is 4.74 Å². The second-order valence-electron chi connectivity index (χ2n) is 6.08. The summed E-state index contributed by atoms with van der Waals surface area (Å²) in [5.41, 5.74) is 0.348. The molecular weight excluding hydrogens is 294 g/mol. The van der Waals surface area contributed by atoms with Gasteiger partial charge in [0, 0.05) is 17.8 Å². The van der Waals surface area contributed by atoms with Crippen molar-refractivity contribution in [1.82, 2.24) is 9.55 Å². The van der Waals surface area contributed by atoms with Crippen LogP contribution in [0, 0.1) is 5.41 Å². The fourth-order valence-electron chi connectivity index (χ4n) is 1.90. The quantitative estimate of drug-likeness (QED) is 0.607. The Balaban J connectivity index is 2.21. The molecule has 0 N–H and O–H groups in total. The number of benzene rings is 1. The second-order valence-corrected chi connectivity index (χ2v) is 6.08. The molecule has 0 saturated heterocycles. The van der Waals surface area contributed by atoms with E-state index in [1.54, 1.807) is 41.6 Å². The highest BCUT2D eigenvalue weighted by Gasteiger charge is 2.32. The first-order valence-electron chi connectivity index (χ1n) is 7.27. The van der Waals surface area contributed by atoms with Crippen LogP contribution in [0.3, 0.4) is 0 Å². The molecule has 1 aromatic heterocycles. The summed E-state index contributed by atoms with van der Waals surface area (Å²) < 4.78 is 7.56. The molecule has 1 aromatic carbocycles. The lowest BCUT2D eigenvalue weighted by Crippen LogP contribution is -2.33. The van der Waals surface area contributed by atoms with Gasteiger partial charge >= 0.3 is 0 Å². The van der Waals surface area contributed by atoms with E-state index in [0.29, 0.717) is 5.75 Å². The number of rotatable bonds is 6. The first-order chi connectivity index (χ1) is 10.9. The van der Waals surface area contributed by atoms with Crippen molar-refractivity contribution in [1.29, 1.82) is 0 Å². The first-order valence-corrected chi connectivity index (χ1v) is 7.27. The van der Waals surface area contributed by atoms with Gasteiger partial charge < -0.3 is 9.57 Å². The summed E-state index contributed by atoms with van der Waals surface area (Å²) in [4.78, 5) is 21.3. The molecule has 2 rings (SSSR count). The predicted molar refractivity (Wildman–Crippen MR) is 87.4 cm³/mol. The van der Waals surface area contributed by atoms with Gasteiger partial charge in [-0.05, 0) is 29.8 Å². The average Bonchev–Trinajstić information content (AvgIpc) is 3.04. The fourth-order valence-corrected chi connectivity index (χ4v) is 1.90. The molecule has 0 fully saturated rings. The molecule has 23 heavy (non-hydrogen) atoms. The Bertz CT molecular complexity index is 655. The minimum absolute atomic E-state index is 0.0273. The normalized spacial score (nSPS) is 13.0. The molecule has 0 saturated carbocycles. The van der Waals surface area contributed by atoms with Gasteiger partial charge in [-0.25, -0.2) is 4.98 Å². The van der Waals surface area contributed by atoms with Crippen molar-refractivity contribution in [2.75, 3.05) is 7.11 Å². The zero-order valence-electron chi connectivity index (χ0n) is 13.8. The van der Waals surface area contributed by atoms with E-state index in [4.69, 9.17) is 4.74 Å². The highest BCUT2D eigenvalue weighted by atomic mass is 16.6. The monoisotopic (exact) mass is 315 g/mol. The van der Waals surface area contributed by atoms with Gasteiger partial charge in [0.1, 0.15) is 12.9 Å². The van der Waals surface area contributed by atoms with Crippen molar-refractivity contribution in [3.63, 3.8) is 0 Å². The standard InChI is InChI=1S/C17H21N3O3/c1-17(2,3)15(21)16(20-10-9-18-12-20)23-14-7-5-13(6-8-14)11-19-22-4/h5-12,16H,1-4H3. The minimum Gasteiger partial charge on any atom is -0.463 e. The van der Waals surface area contributed by atoms with E-state index in [2.05, 4.69) is 15.0 Å². The Morgan fingerprint density at radius 1 is 1.30 bits per heavy atom. The zero-order chi connectivity index (χ0) is 16.9. The van der Waals surface area contributed by atoms with Gasteiger partial charge in [0.2, 0.25) is 6.23 Å². The van der Waals surface area contributed by atoms with Crippen LogP contribution >= 0.6 is 0 Å². The molecule has 1 atom stereocenters. The van der Waals surface area contributed by atoms with E-state index in [0.717, 1.165) is 5.56 Å². The highest BCUT2D eigenvalue weighted by molar-refractivity contribution is 5.86. The summed E-state index contributed by atoms with van der Waals surface area (Å²) in [5, 5.41) is 3.70. The summed E-state index contributed by atoms with van der Waals surface area (Å²) in [6, 6.07) is 7.25. The van der Waals surface area contributed by atoms with Gasteiger partial charge in [-0.3, -0.25) is 9.36 Å². The van der Waals surface area contributed by atoms with Gasteiger partial charge in [-0.15, -0.1) is 0 Å². The van der Waals surface area contributed by atoms with E-state index < -0.39 is 11.6 Å². The van der Waals surface area contributed by atoms with E-state index in [1.165, 1.54) is 7.11 Å². The third kappa shape index (κ3) is 4.42. The summed E-state index contributed by atoms with van der Waals surface area (Å²) in [7, 11) is 1.49. The number of nitrogens with zero attached hydrogens (tertiary/aromatic N) is 3. The van der Waals surface area contributed by atoms with Gasteiger partial charge in [-0.1, -0.05) is 25.9 Å². The van der Waals surface area contributed by atoms with Crippen molar-refractivity contribution in [2.45, 2.75) is 27.0 Å². The third-order valence-electron chi connectivity index (χ3n) is 3.19. The van der Waals surface area contributed by atoms with Crippen molar-refractivity contribution in [2.24, 2.45) is 10.6 Å². The van der Waals surface area contributed by atoms with Crippen LogP contribution in [-0.4, -0.2) is 28.7 Å². The number of carbonyl (C=O) groups is 1. The molecular formula is C17H21N3O3. The number of ether oxygens (including phenoxy) is 1. The van der Waals surface area contributed by atoms with Crippen molar-refractivity contribution in [3.8, 4) is 5.75 Å². The molecule has 0 radical (unpaired) electrons. The lowest BCUT2D eigenvalue weighted by Gasteiger charge is -2.26. The van der Waals surface area contributed by atoms with Crippen LogP contribution in [-0.2, 0) is 9.63 Å². The number of carbonyl (C=O) groups excluding carboxylic acids is 1. The average molecular weight is 315 g/mol. The topological polar surface area (TPSA) is 65.7 Å². The number of imidazole rings is 1. The lowest BCUT2D eigenvalue weighted by atomic mass is 9.89. The first kappa shape index (κ1) is 16.7. The molecule has 0 aliphatic carbocycles. The summed E-state index contributed by atoms with van der Waals surface area (Å²) in [6.07, 6.45) is 5.76. The largest absolute Gasteiger partial charge is 0.463 e. The zero-order valence-corrected chi connectivity index (χ0v) is 13.8. The Morgan fingerprint density at radius 3 is 2.52 bits per heavy atom. The lowest BCUT2D eigenvalue weighted by molar-refractivity contribution is -0.137. The molecule has 6 nitrogen and oxygen atoms in total. The minimum atomic E-state index is -0.754. The number of aromatic nitrogens is 2. The van der Waals surface area contributed by atoms with Crippen LogP contribution in [0.4, 0.5) is 0 Å². The second kappa shape index (κ2) is 7.09. The Labute approximate surface area is 135 Å². The van der Waals surface area contributed by atoms with Gasteiger partial charge in [-0.2, -0.15) is 0 Å². The van der Waals surface area contributed by atoms with Crippen LogP contribution in [0.15, 0.2) is 48.1 Å². The number of oxime groups is 1. The fraction of sp³-hybridized carbons (Fsp3) is 0.353. The van der Waals surface area contributed by atoms with Crippen LogP contribution in [0.2, 0.25) is 0 Å². The molecule has 0 spiro atoms. The maximum atomic E-state index is 12.7. The smallest absolute Gasteiger partial charge is 0.236 e. The molecule has 2 aromatic rings. The van der Waals surface area contributed by atoms with E-state index in [9.17, 15) is 4.79 Å². The number of hydrogen-bond donors (Lipinski definition) is 0. The Kier molecular flexibility index (Phi) is 5.16.